The summed E-state index contributed by atoms with van der Waals surface area (Å²) in [5, 5.41) is 4.53. The zero-order valence-corrected chi connectivity index (χ0v) is 36.5. The fourth-order valence-electron chi connectivity index (χ4n) is 11.3. The van der Waals surface area contributed by atoms with Gasteiger partial charge in [0.25, 0.3) is 0 Å². The van der Waals surface area contributed by atoms with Gasteiger partial charge in [-0.25, -0.2) is 0 Å². The summed E-state index contributed by atoms with van der Waals surface area (Å²) >= 11 is 0. The quantitative estimate of drug-likeness (QED) is 0.174. The van der Waals surface area contributed by atoms with E-state index in [2.05, 4.69) is 205 Å². The van der Waals surface area contributed by atoms with Gasteiger partial charge >= 0.3 is 0 Å². The molecule has 0 bridgehead atoms. The van der Waals surface area contributed by atoms with Crippen molar-refractivity contribution in [3.05, 3.63) is 203 Å². The summed E-state index contributed by atoms with van der Waals surface area (Å²) in [5.74, 6) is 1.75. The van der Waals surface area contributed by atoms with E-state index >= 15 is 0 Å². The van der Waals surface area contributed by atoms with Crippen LogP contribution in [0.4, 0.5) is 0 Å². The van der Waals surface area contributed by atoms with Crippen molar-refractivity contribution in [1.29, 1.82) is 0 Å². The van der Waals surface area contributed by atoms with Crippen molar-refractivity contribution in [3.8, 4) is 67.1 Å². The van der Waals surface area contributed by atoms with E-state index in [0.717, 1.165) is 60.9 Å². The molecule has 0 saturated heterocycles. The summed E-state index contributed by atoms with van der Waals surface area (Å²) in [6, 6.07) is 63.5. The molecule has 2 heterocycles. The van der Waals surface area contributed by atoms with Crippen molar-refractivity contribution in [3.63, 3.8) is 0 Å². The molecule has 302 valence electrons. The van der Waals surface area contributed by atoms with Gasteiger partial charge in [0, 0.05) is 27.3 Å². The minimum atomic E-state index is -0.462. The molecule has 1 spiro atoms. The Morgan fingerprint density at radius 1 is 0.365 bits per heavy atom. The summed E-state index contributed by atoms with van der Waals surface area (Å²) in [5.41, 5.74) is 21.7. The maximum Gasteiger partial charge on any atom is 0.143 e. The molecule has 0 unspecified atom stereocenters. The molecule has 1 aliphatic heterocycles. The van der Waals surface area contributed by atoms with Crippen LogP contribution in [0.5, 0.6) is 11.5 Å². The molecule has 0 N–H and O–H groups in total. The molecule has 0 atom stereocenters. The molecule has 10 aromatic rings. The van der Waals surface area contributed by atoms with Crippen LogP contribution in [0.25, 0.3) is 88.3 Å². The highest BCUT2D eigenvalue weighted by molar-refractivity contribution is 6.15. The maximum absolute atomic E-state index is 6.79. The lowest BCUT2D eigenvalue weighted by Crippen LogP contribution is -2.27. The van der Waals surface area contributed by atoms with E-state index in [1.54, 1.807) is 0 Å². The molecule has 63 heavy (non-hydrogen) atoms. The summed E-state index contributed by atoms with van der Waals surface area (Å²) < 4.78 is 13.3. The van der Waals surface area contributed by atoms with Gasteiger partial charge in [-0.2, -0.15) is 0 Å². The van der Waals surface area contributed by atoms with Gasteiger partial charge in [-0.1, -0.05) is 175 Å². The predicted octanol–water partition coefficient (Wildman–Crippen LogP) is 16.8. The van der Waals surface area contributed by atoms with Crippen LogP contribution in [0.3, 0.4) is 0 Å². The van der Waals surface area contributed by atoms with E-state index in [0.29, 0.717) is 0 Å². The van der Waals surface area contributed by atoms with Crippen LogP contribution in [-0.2, 0) is 16.2 Å². The molecular weight excluding hydrogens is 765 g/mol. The fourth-order valence-corrected chi connectivity index (χ4v) is 11.3. The van der Waals surface area contributed by atoms with Gasteiger partial charge in [-0.3, -0.25) is 0 Å². The van der Waals surface area contributed by atoms with Crippen LogP contribution < -0.4 is 4.74 Å². The lowest BCUT2D eigenvalue weighted by molar-refractivity contribution is 0.487. The van der Waals surface area contributed by atoms with Gasteiger partial charge in [0.15, 0.2) is 0 Å². The Hall–Kier alpha value is -7.16. The number of ether oxygens (including phenoxy) is 1. The topological polar surface area (TPSA) is 22.4 Å². The van der Waals surface area contributed by atoms with Crippen LogP contribution in [0.2, 0.25) is 0 Å². The summed E-state index contributed by atoms with van der Waals surface area (Å²) in [6.45, 7) is 14.0. The van der Waals surface area contributed by atoms with Crippen molar-refractivity contribution in [1.82, 2.24) is 0 Å². The fraction of sp³-hybridized carbons (Fsp3) is 0.148. The number of benzene rings is 9. The van der Waals surface area contributed by atoms with Crippen molar-refractivity contribution in [2.75, 3.05) is 0 Å². The molecule has 13 rings (SSSR count). The SMILES string of the molecule is CC(C)(C)c1ccc2c(c1)C1(c3ccccc3-c3ccc(-c4ccc5c(c4)-c4cccc6c(-c7cccc8c7oc7ccccc78)ccc(c46)O5)cc31)c1cc(C(C)(C)C)ccc1-2. The predicted molar refractivity (Wildman–Crippen MR) is 261 cm³/mol. The Bertz CT molecular complexity index is 3560. The third-order valence-corrected chi connectivity index (χ3v) is 14.4. The highest BCUT2D eigenvalue weighted by Crippen LogP contribution is 2.64. The molecule has 2 nitrogen and oxygen atoms in total. The van der Waals surface area contributed by atoms with Gasteiger partial charge < -0.3 is 9.15 Å². The average molecular weight is 811 g/mol. The van der Waals surface area contributed by atoms with E-state index < -0.39 is 5.41 Å². The Morgan fingerprint density at radius 3 is 1.65 bits per heavy atom. The van der Waals surface area contributed by atoms with Crippen LogP contribution in [0.15, 0.2) is 174 Å². The zero-order chi connectivity index (χ0) is 42.6. The highest BCUT2D eigenvalue weighted by Gasteiger charge is 2.52. The van der Waals surface area contributed by atoms with Gasteiger partial charge in [-0.05, 0) is 131 Å². The first-order valence-electron chi connectivity index (χ1n) is 22.3. The Balaban J connectivity index is 1.01. The summed E-state index contributed by atoms with van der Waals surface area (Å²) in [6.07, 6.45) is 0. The molecule has 0 radical (unpaired) electrons. The Labute approximate surface area is 368 Å². The van der Waals surface area contributed by atoms with Crippen LogP contribution in [-0.4, -0.2) is 0 Å². The zero-order valence-electron chi connectivity index (χ0n) is 36.5. The second-order valence-electron chi connectivity index (χ2n) is 20.0. The largest absolute Gasteiger partial charge is 0.456 e. The van der Waals surface area contributed by atoms with E-state index in [9.17, 15) is 0 Å². The minimum absolute atomic E-state index is 0.00142. The summed E-state index contributed by atoms with van der Waals surface area (Å²) in [7, 11) is 0. The number of rotatable bonds is 2. The number of hydrogen-bond donors (Lipinski definition) is 0. The standard InChI is InChI=1S/C61H46O2/c1-59(2,3)37-23-26-42-43-27-24-38(60(4,5)6)34-53(43)61(52(42)33-37)50-19-9-7-13-40(50)41-25-21-36(32-51(41)61)35-22-29-55-49(31-35)46-16-11-15-45-39(28-30-56(62-55)57(45)46)47-17-12-18-48-44-14-8-10-20-54(44)63-58(47)48/h7-34H,1-6H3. The van der Waals surface area contributed by atoms with E-state index in [4.69, 9.17) is 9.15 Å². The number of furan rings is 1. The minimum Gasteiger partial charge on any atom is -0.456 e. The molecule has 2 heteroatoms. The first-order chi connectivity index (χ1) is 30.5. The molecular formula is C61H46O2. The Morgan fingerprint density at radius 2 is 0.905 bits per heavy atom. The first-order valence-corrected chi connectivity index (χ1v) is 22.3. The molecule has 9 aromatic carbocycles. The Kier molecular flexibility index (Phi) is 7.23. The van der Waals surface area contributed by atoms with Gasteiger partial charge in [0.2, 0.25) is 0 Å². The highest BCUT2D eigenvalue weighted by atomic mass is 16.5. The van der Waals surface area contributed by atoms with Gasteiger partial charge in [0.1, 0.15) is 22.7 Å². The normalized spacial score (nSPS) is 14.1. The third-order valence-electron chi connectivity index (χ3n) is 14.4. The lowest BCUT2D eigenvalue weighted by Gasteiger charge is -2.33. The van der Waals surface area contributed by atoms with Crippen molar-refractivity contribution < 1.29 is 9.15 Å². The van der Waals surface area contributed by atoms with Crippen LogP contribution in [0.1, 0.15) is 74.9 Å². The monoisotopic (exact) mass is 810 g/mol. The lowest BCUT2D eigenvalue weighted by atomic mass is 9.68. The second kappa shape index (κ2) is 12.5. The van der Waals surface area contributed by atoms with Gasteiger partial charge in [0.05, 0.1) is 5.41 Å². The third kappa shape index (κ3) is 4.95. The first kappa shape index (κ1) is 36.5. The average Bonchev–Trinajstić information content (AvgIpc) is 3.92. The van der Waals surface area contributed by atoms with E-state index in [1.165, 1.54) is 72.3 Å². The molecule has 2 aliphatic carbocycles. The number of para-hydroxylation sites is 2. The van der Waals surface area contributed by atoms with Crippen molar-refractivity contribution in [2.45, 2.75) is 57.8 Å². The molecule has 3 aliphatic rings. The number of fused-ring (bicyclic) bond motifs is 15. The summed E-state index contributed by atoms with van der Waals surface area (Å²) in [4.78, 5) is 0. The number of hydrogen-bond acceptors (Lipinski definition) is 2. The van der Waals surface area contributed by atoms with Crippen molar-refractivity contribution in [2.24, 2.45) is 0 Å². The van der Waals surface area contributed by atoms with Crippen LogP contribution in [0, 0.1) is 0 Å². The van der Waals surface area contributed by atoms with E-state index in [-0.39, 0.29) is 10.8 Å². The van der Waals surface area contributed by atoms with E-state index in [1.807, 2.05) is 6.07 Å². The smallest absolute Gasteiger partial charge is 0.143 e. The second-order valence-corrected chi connectivity index (χ2v) is 20.0. The molecule has 1 aromatic heterocycles. The molecule has 0 amide bonds. The maximum atomic E-state index is 6.79. The van der Waals surface area contributed by atoms with Crippen LogP contribution >= 0.6 is 0 Å². The molecule has 0 saturated carbocycles. The molecule has 0 fully saturated rings. The van der Waals surface area contributed by atoms with Crippen molar-refractivity contribution >= 4 is 32.7 Å². The van der Waals surface area contributed by atoms with Gasteiger partial charge in [-0.15, -0.1) is 0 Å².